The van der Waals surface area contributed by atoms with Crippen molar-refractivity contribution in [2.45, 2.75) is 11.6 Å². The fourth-order valence-corrected chi connectivity index (χ4v) is 3.28. The van der Waals surface area contributed by atoms with Crippen LogP contribution in [0.5, 0.6) is 0 Å². The second kappa shape index (κ2) is 8.83. The molecular weight excluding hydrogens is 360 g/mol. The Kier molecular flexibility index (Phi) is 6.02. The number of benzene rings is 2. The number of fused-ring (bicyclic) bond motifs is 1. The second-order valence-corrected chi connectivity index (χ2v) is 6.55. The molecule has 0 saturated heterocycles. The van der Waals surface area contributed by atoms with Gasteiger partial charge in [-0.1, -0.05) is 60.3 Å². The summed E-state index contributed by atoms with van der Waals surface area (Å²) in [4.78, 5) is 20.6. The minimum Gasteiger partial charge on any atom is -0.510 e. The number of nitrogens with zero attached hydrogens (tertiary/aromatic N) is 3. The SMILES string of the molecule is N#C/C(C(=O)NCc1ccccc1)=C(/O)CSc1ncnc2ccccc12. The number of rotatable bonds is 6. The van der Waals surface area contributed by atoms with Crippen LogP contribution in [0.1, 0.15) is 5.56 Å². The topological polar surface area (TPSA) is 98.9 Å². The Labute approximate surface area is 160 Å². The number of hydrogen-bond donors (Lipinski definition) is 2. The lowest BCUT2D eigenvalue weighted by Crippen LogP contribution is -2.25. The van der Waals surface area contributed by atoms with Crippen LogP contribution in [0.4, 0.5) is 0 Å². The predicted octanol–water partition coefficient (Wildman–Crippen LogP) is 3.37. The molecule has 6 nitrogen and oxygen atoms in total. The smallest absolute Gasteiger partial charge is 0.265 e. The summed E-state index contributed by atoms with van der Waals surface area (Å²) in [6.07, 6.45) is 1.45. The predicted molar refractivity (Wildman–Crippen MR) is 104 cm³/mol. The molecule has 1 amide bonds. The third kappa shape index (κ3) is 4.63. The second-order valence-electron chi connectivity index (χ2n) is 5.59. The molecule has 27 heavy (non-hydrogen) atoms. The third-order valence-corrected chi connectivity index (χ3v) is 4.79. The molecule has 0 radical (unpaired) electrons. The number of nitriles is 1. The monoisotopic (exact) mass is 376 g/mol. The van der Waals surface area contributed by atoms with Crippen LogP contribution < -0.4 is 5.32 Å². The van der Waals surface area contributed by atoms with Crippen LogP contribution in [-0.4, -0.2) is 26.7 Å². The van der Waals surface area contributed by atoms with Crippen LogP contribution in [0.15, 0.2) is 77.3 Å². The first kappa shape index (κ1) is 18.4. The third-order valence-electron chi connectivity index (χ3n) is 3.78. The van der Waals surface area contributed by atoms with E-state index in [0.717, 1.165) is 16.5 Å². The Balaban J connectivity index is 1.69. The molecule has 1 aromatic heterocycles. The van der Waals surface area contributed by atoms with E-state index in [1.54, 1.807) is 6.07 Å². The number of nitrogens with one attached hydrogen (secondary N) is 1. The molecule has 2 aromatic carbocycles. The van der Waals surface area contributed by atoms with Crippen LogP contribution in [0.25, 0.3) is 10.9 Å². The summed E-state index contributed by atoms with van der Waals surface area (Å²) in [7, 11) is 0. The lowest BCUT2D eigenvalue weighted by Gasteiger charge is -2.07. The number of aliphatic hydroxyl groups is 1. The number of aliphatic hydroxyl groups excluding tert-OH is 1. The minimum atomic E-state index is -0.605. The van der Waals surface area contributed by atoms with Crippen LogP contribution in [0.2, 0.25) is 0 Å². The van der Waals surface area contributed by atoms with Gasteiger partial charge in [0, 0.05) is 11.9 Å². The van der Waals surface area contributed by atoms with Gasteiger partial charge >= 0.3 is 0 Å². The number of carbonyl (C=O) groups is 1. The first-order valence-electron chi connectivity index (χ1n) is 8.16. The fraction of sp³-hybridized carbons (Fsp3) is 0.100. The maximum atomic E-state index is 12.2. The lowest BCUT2D eigenvalue weighted by atomic mass is 10.2. The lowest BCUT2D eigenvalue weighted by molar-refractivity contribution is -0.117. The van der Waals surface area contributed by atoms with E-state index >= 15 is 0 Å². The molecule has 0 bridgehead atoms. The van der Waals surface area contributed by atoms with Crippen LogP contribution in [-0.2, 0) is 11.3 Å². The molecule has 2 N–H and O–H groups in total. The zero-order valence-corrected chi connectivity index (χ0v) is 15.1. The molecule has 0 fully saturated rings. The molecule has 0 spiro atoms. The molecule has 0 aliphatic heterocycles. The Morgan fingerprint density at radius 1 is 1.11 bits per heavy atom. The molecule has 0 unspecified atom stereocenters. The molecule has 3 rings (SSSR count). The van der Waals surface area contributed by atoms with Gasteiger partial charge in [-0.3, -0.25) is 4.79 Å². The molecule has 7 heteroatoms. The van der Waals surface area contributed by atoms with Gasteiger partial charge in [-0.2, -0.15) is 5.26 Å². The number of hydrogen-bond acceptors (Lipinski definition) is 6. The van der Waals surface area contributed by atoms with Gasteiger partial charge in [-0.05, 0) is 11.6 Å². The average Bonchev–Trinajstić information content (AvgIpc) is 2.72. The van der Waals surface area contributed by atoms with Gasteiger partial charge in [0.2, 0.25) is 0 Å². The van der Waals surface area contributed by atoms with Gasteiger partial charge < -0.3 is 10.4 Å². The molecule has 0 aliphatic carbocycles. The summed E-state index contributed by atoms with van der Waals surface area (Å²) in [5, 5.41) is 23.7. The maximum Gasteiger partial charge on any atom is 0.265 e. The summed E-state index contributed by atoms with van der Waals surface area (Å²) < 4.78 is 0. The van der Waals surface area contributed by atoms with E-state index in [1.807, 2.05) is 54.6 Å². The van der Waals surface area contributed by atoms with Crippen molar-refractivity contribution in [3.63, 3.8) is 0 Å². The van der Waals surface area contributed by atoms with E-state index in [9.17, 15) is 15.2 Å². The van der Waals surface area contributed by atoms with Crippen molar-refractivity contribution in [3.05, 3.63) is 77.8 Å². The summed E-state index contributed by atoms with van der Waals surface area (Å²) in [5.74, 6) is -0.828. The van der Waals surface area contributed by atoms with E-state index in [0.29, 0.717) is 5.03 Å². The Bertz CT molecular complexity index is 1020. The highest BCUT2D eigenvalue weighted by molar-refractivity contribution is 7.99. The summed E-state index contributed by atoms with van der Waals surface area (Å²) >= 11 is 1.24. The highest BCUT2D eigenvalue weighted by Crippen LogP contribution is 2.25. The summed E-state index contributed by atoms with van der Waals surface area (Å²) in [6.45, 7) is 0.280. The molecule has 0 aliphatic rings. The molecular formula is C20H16N4O2S. The van der Waals surface area contributed by atoms with Crippen LogP contribution >= 0.6 is 11.8 Å². The van der Waals surface area contributed by atoms with E-state index in [-0.39, 0.29) is 23.6 Å². The van der Waals surface area contributed by atoms with Crippen molar-refractivity contribution in [2.75, 3.05) is 5.75 Å². The quantitative estimate of drug-likeness (QED) is 0.225. The highest BCUT2D eigenvalue weighted by atomic mass is 32.2. The summed E-state index contributed by atoms with van der Waals surface area (Å²) in [5.41, 5.74) is 1.40. The molecule has 3 aromatic rings. The zero-order valence-electron chi connectivity index (χ0n) is 14.3. The first-order chi connectivity index (χ1) is 13.2. The van der Waals surface area contributed by atoms with Crippen LogP contribution in [0, 0.1) is 11.3 Å². The van der Waals surface area contributed by atoms with Gasteiger partial charge in [0.25, 0.3) is 5.91 Å². The van der Waals surface area contributed by atoms with Gasteiger partial charge in [0.05, 0.1) is 11.3 Å². The maximum absolute atomic E-state index is 12.2. The van der Waals surface area contributed by atoms with Gasteiger partial charge in [0.15, 0.2) is 5.57 Å². The molecule has 0 saturated carbocycles. The minimum absolute atomic E-state index is 0.0582. The Hall–Kier alpha value is -3.37. The molecule has 134 valence electrons. The van der Waals surface area contributed by atoms with Crippen molar-refractivity contribution in [1.82, 2.24) is 15.3 Å². The highest BCUT2D eigenvalue weighted by Gasteiger charge is 2.16. The molecule has 1 heterocycles. The summed E-state index contributed by atoms with van der Waals surface area (Å²) in [6, 6.07) is 18.6. The van der Waals surface area contributed by atoms with E-state index in [2.05, 4.69) is 15.3 Å². The van der Waals surface area contributed by atoms with Crippen molar-refractivity contribution < 1.29 is 9.90 Å². The van der Waals surface area contributed by atoms with Crippen molar-refractivity contribution in [1.29, 1.82) is 5.26 Å². The zero-order chi connectivity index (χ0) is 19.1. The number of para-hydroxylation sites is 1. The van der Waals surface area contributed by atoms with E-state index < -0.39 is 5.91 Å². The number of amides is 1. The van der Waals surface area contributed by atoms with Gasteiger partial charge in [-0.25, -0.2) is 9.97 Å². The first-order valence-corrected chi connectivity index (χ1v) is 9.14. The standard InChI is InChI=1S/C20H16N4O2S/c21-10-16(19(26)22-11-14-6-2-1-3-7-14)18(25)12-27-20-15-8-4-5-9-17(15)23-13-24-20/h1-9,13,25H,11-12H2,(H,22,26)/b18-16-. The number of thioether (sulfide) groups is 1. The normalized spacial score (nSPS) is 11.5. The van der Waals surface area contributed by atoms with Crippen LogP contribution in [0.3, 0.4) is 0 Å². The van der Waals surface area contributed by atoms with Crippen molar-refractivity contribution in [2.24, 2.45) is 0 Å². The Morgan fingerprint density at radius 2 is 1.85 bits per heavy atom. The van der Waals surface area contributed by atoms with Gasteiger partial charge in [0.1, 0.15) is 23.2 Å². The fourth-order valence-electron chi connectivity index (χ4n) is 2.42. The van der Waals surface area contributed by atoms with E-state index in [1.165, 1.54) is 18.1 Å². The van der Waals surface area contributed by atoms with E-state index in [4.69, 9.17) is 0 Å². The van der Waals surface area contributed by atoms with Crippen molar-refractivity contribution in [3.8, 4) is 6.07 Å². The van der Waals surface area contributed by atoms with Crippen molar-refractivity contribution >= 4 is 28.6 Å². The largest absolute Gasteiger partial charge is 0.510 e. The van der Waals surface area contributed by atoms with Gasteiger partial charge in [-0.15, -0.1) is 0 Å². The number of aromatic nitrogens is 2. The number of carbonyl (C=O) groups excluding carboxylic acids is 1. The molecule has 0 atom stereocenters. The Morgan fingerprint density at radius 3 is 2.63 bits per heavy atom. The average molecular weight is 376 g/mol.